The average molecular weight is 411 g/mol. The summed E-state index contributed by atoms with van der Waals surface area (Å²) in [5.41, 5.74) is 2.27. The molecule has 1 heterocycles. The first-order valence-corrected chi connectivity index (χ1v) is 9.57. The predicted octanol–water partition coefficient (Wildman–Crippen LogP) is 2.75. The molecule has 7 nitrogen and oxygen atoms in total. The van der Waals surface area contributed by atoms with E-state index in [1.165, 1.54) is 18.2 Å². The van der Waals surface area contributed by atoms with E-state index in [0.717, 1.165) is 10.5 Å². The van der Waals surface area contributed by atoms with Crippen LogP contribution in [0.5, 0.6) is 0 Å². The number of rotatable bonds is 5. The highest BCUT2D eigenvalue weighted by Gasteiger charge is 2.38. The summed E-state index contributed by atoms with van der Waals surface area (Å²) in [6.07, 6.45) is 0. The fourth-order valence-corrected chi connectivity index (χ4v) is 3.57. The van der Waals surface area contributed by atoms with E-state index in [-0.39, 0.29) is 41.1 Å². The molecule has 4 rings (SSSR count). The largest absolute Gasteiger partial charge is 0.395 e. The SMILES string of the molecule is N#Cc1c(-c2ccccc2)cccc1N1C(=O)c2ccc(C(=O)NCCO)cc2C1=O. The molecule has 1 aliphatic rings. The van der Waals surface area contributed by atoms with Crippen LogP contribution in [0.15, 0.2) is 66.7 Å². The summed E-state index contributed by atoms with van der Waals surface area (Å²) in [4.78, 5) is 39.3. The van der Waals surface area contributed by atoms with Gasteiger partial charge >= 0.3 is 0 Å². The number of fused-ring (bicyclic) bond motifs is 1. The highest BCUT2D eigenvalue weighted by Crippen LogP contribution is 2.35. The van der Waals surface area contributed by atoms with Gasteiger partial charge in [0, 0.05) is 17.7 Å². The Balaban J connectivity index is 1.76. The molecule has 0 saturated heterocycles. The molecule has 0 bridgehead atoms. The molecule has 2 N–H and O–H groups in total. The first-order valence-electron chi connectivity index (χ1n) is 9.57. The van der Waals surface area contributed by atoms with Crippen LogP contribution >= 0.6 is 0 Å². The van der Waals surface area contributed by atoms with Crippen molar-refractivity contribution in [2.45, 2.75) is 0 Å². The van der Waals surface area contributed by atoms with Crippen molar-refractivity contribution < 1.29 is 19.5 Å². The van der Waals surface area contributed by atoms with Crippen LogP contribution in [0.25, 0.3) is 11.1 Å². The van der Waals surface area contributed by atoms with Gasteiger partial charge in [-0.3, -0.25) is 14.4 Å². The Morgan fingerprint density at radius 2 is 1.68 bits per heavy atom. The number of imide groups is 1. The number of nitrogens with one attached hydrogen (secondary N) is 1. The number of hydrogen-bond acceptors (Lipinski definition) is 5. The topological polar surface area (TPSA) is 110 Å². The Bertz CT molecular complexity index is 1250. The van der Waals surface area contributed by atoms with Crippen molar-refractivity contribution in [2.75, 3.05) is 18.1 Å². The first-order chi connectivity index (χ1) is 15.1. The van der Waals surface area contributed by atoms with E-state index in [4.69, 9.17) is 5.11 Å². The van der Waals surface area contributed by atoms with Crippen LogP contribution < -0.4 is 10.2 Å². The van der Waals surface area contributed by atoms with Crippen molar-refractivity contribution in [3.63, 3.8) is 0 Å². The summed E-state index contributed by atoms with van der Waals surface area (Å²) < 4.78 is 0. The fraction of sp³-hybridized carbons (Fsp3) is 0.0833. The number of amides is 3. The summed E-state index contributed by atoms with van der Waals surface area (Å²) in [7, 11) is 0. The van der Waals surface area contributed by atoms with Gasteiger partial charge in [0.15, 0.2) is 0 Å². The standard InChI is InChI=1S/C24H17N3O4/c25-14-20-17(15-5-2-1-3-6-15)7-4-8-21(20)27-23(30)18-10-9-16(13-19(18)24(27)31)22(29)26-11-12-28/h1-10,13,28H,11-12H2,(H,26,29). The highest BCUT2D eigenvalue weighted by molar-refractivity contribution is 6.35. The molecule has 0 fully saturated rings. The molecular formula is C24H17N3O4. The summed E-state index contributed by atoms with van der Waals surface area (Å²) in [6, 6.07) is 20.6. The van der Waals surface area contributed by atoms with E-state index in [0.29, 0.717) is 5.56 Å². The number of benzene rings is 3. The smallest absolute Gasteiger partial charge is 0.266 e. The normalized spacial score (nSPS) is 12.5. The van der Waals surface area contributed by atoms with Crippen LogP contribution in [0.3, 0.4) is 0 Å². The second-order valence-corrected chi connectivity index (χ2v) is 6.86. The molecule has 3 aromatic rings. The van der Waals surface area contributed by atoms with Crippen LogP contribution in [0.4, 0.5) is 5.69 Å². The first kappa shape index (κ1) is 20.0. The Kier molecular flexibility index (Phi) is 5.31. The van der Waals surface area contributed by atoms with Crippen molar-refractivity contribution in [3.8, 4) is 17.2 Å². The molecule has 7 heteroatoms. The minimum absolute atomic E-state index is 0.0761. The lowest BCUT2D eigenvalue weighted by Crippen LogP contribution is -2.30. The van der Waals surface area contributed by atoms with Crippen molar-refractivity contribution in [3.05, 3.63) is 89.0 Å². The number of hydrogen-bond donors (Lipinski definition) is 2. The van der Waals surface area contributed by atoms with Crippen molar-refractivity contribution in [2.24, 2.45) is 0 Å². The zero-order valence-electron chi connectivity index (χ0n) is 16.3. The third-order valence-corrected chi connectivity index (χ3v) is 5.03. The number of aliphatic hydroxyl groups is 1. The van der Waals surface area contributed by atoms with Gasteiger partial charge in [-0.25, -0.2) is 4.90 Å². The predicted molar refractivity (Wildman–Crippen MR) is 114 cm³/mol. The Morgan fingerprint density at radius 3 is 2.39 bits per heavy atom. The molecule has 0 saturated carbocycles. The van der Waals surface area contributed by atoms with Crippen LogP contribution in [0.2, 0.25) is 0 Å². The molecule has 0 radical (unpaired) electrons. The van der Waals surface area contributed by atoms with E-state index >= 15 is 0 Å². The molecule has 31 heavy (non-hydrogen) atoms. The maximum atomic E-state index is 13.1. The van der Waals surface area contributed by atoms with Crippen molar-refractivity contribution >= 4 is 23.4 Å². The third kappa shape index (κ3) is 3.45. The minimum atomic E-state index is -0.599. The van der Waals surface area contributed by atoms with Crippen LogP contribution in [0, 0.1) is 11.3 Å². The van der Waals surface area contributed by atoms with E-state index in [1.54, 1.807) is 18.2 Å². The zero-order valence-corrected chi connectivity index (χ0v) is 16.3. The van der Waals surface area contributed by atoms with Crippen molar-refractivity contribution in [1.29, 1.82) is 5.26 Å². The van der Waals surface area contributed by atoms with Gasteiger partial charge in [0.05, 0.1) is 29.0 Å². The molecule has 0 atom stereocenters. The fourth-order valence-electron chi connectivity index (χ4n) is 3.57. The lowest BCUT2D eigenvalue weighted by atomic mass is 9.98. The lowest BCUT2D eigenvalue weighted by molar-refractivity contribution is 0.0923. The monoisotopic (exact) mass is 411 g/mol. The van der Waals surface area contributed by atoms with Crippen LogP contribution in [-0.4, -0.2) is 36.0 Å². The van der Waals surface area contributed by atoms with E-state index in [9.17, 15) is 19.6 Å². The molecule has 1 aliphatic heterocycles. The number of anilines is 1. The molecule has 152 valence electrons. The lowest BCUT2D eigenvalue weighted by Gasteiger charge is -2.17. The van der Waals surface area contributed by atoms with E-state index in [2.05, 4.69) is 11.4 Å². The van der Waals surface area contributed by atoms with Gasteiger partial charge in [0.25, 0.3) is 17.7 Å². The maximum Gasteiger partial charge on any atom is 0.266 e. The Hall–Kier alpha value is -4.28. The van der Waals surface area contributed by atoms with Gasteiger partial charge in [0.1, 0.15) is 6.07 Å². The number of nitriles is 1. The Morgan fingerprint density at radius 1 is 0.935 bits per heavy atom. The maximum absolute atomic E-state index is 13.1. The van der Waals surface area contributed by atoms with Gasteiger partial charge in [-0.05, 0) is 29.8 Å². The third-order valence-electron chi connectivity index (χ3n) is 5.03. The number of carbonyl (C=O) groups is 3. The molecule has 3 aromatic carbocycles. The summed E-state index contributed by atoms with van der Waals surface area (Å²) in [6.45, 7) is -0.136. The van der Waals surface area contributed by atoms with Crippen molar-refractivity contribution in [1.82, 2.24) is 5.32 Å². The number of aliphatic hydroxyl groups excluding tert-OH is 1. The molecule has 0 aliphatic carbocycles. The summed E-state index contributed by atoms with van der Waals surface area (Å²) >= 11 is 0. The molecule has 3 amide bonds. The Labute approximate surface area is 178 Å². The average Bonchev–Trinajstić information content (AvgIpc) is 3.06. The van der Waals surface area contributed by atoms with E-state index < -0.39 is 17.7 Å². The van der Waals surface area contributed by atoms with Gasteiger partial charge in [0.2, 0.25) is 0 Å². The quantitative estimate of drug-likeness (QED) is 0.627. The van der Waals surface area contributed by atoms with E-state index in [1.807, 2.05) is 30.3 Å². The molecular weight excluding hydrogens is 394 g/mol. The molecule has 0 unspecified atom stereocenters. The zero-order chi connectivity index (χ0) is 22.0. The number of nitrogens with zero attached hydrogens (tertiary/aromatic N) is 2. The van der Waals surface area contributed by atoms with Crippen LogP contribution in [-0.2, 0) is 0 Å². The molecule has 0 spiro atoms. The second kappa shape index (κ2) is 8.22. The minimum Gasteiger partial charge on any atom is -0.395 e. The molecule has 0 aromatic heterocycles. The number of carbonyl (C=O) groups excluding carboxylic acids is 3. The highest BCUT2D eigenvalue weighted by atomic mass is 16.3. The van der Waals surface area contributed by atoms with Gasteiger partial charge in [-0.2, -0.15) is 5.26 Å². The van der Waals surface area contributed by atoms with Gasteiger partial charge < -0.3 is 10.4 Å². The summed E-state index contributed by atoms with van der Waals surface area (Å²) in [5.74, 6) is -1.61. The second-order valence-electron chi connectivity index (χ2n) is 6.86. The van der Waals surface area contributed by atoms with Crippen LogP contribution in [0.1, 0.15) is 36.6 Å². The van der Waals surface area contributed by atoms with Gasteiger partial charge in [-0.1, -0.05) is 42.5 Å². The van der Waals surface area contributed by atoms with Gasteiger partial charge in [-0.15, -0.1) is 0 Å². The summed E-state index contributed by atoms with van der Waals surface area (Å²) in [5, 5.41) is 21.2.